The number of nitrogens with zero attached hydrogens (tertiary/aromatic N) is 2. The van der Waals surface area contributed by atoms with Gasteiger partial charge in [0, 0.05) is 44.5 Å². The van der Waals surface area contributed by atoms with Gasteiger partial charge in [-0.2, -0.15) is 0 Å². The predicted octanol–water partition coefficient (Wildman–Crippen LogP) is 2.13. The Balaban J connectivity index is 1.68. The number of nitrogens with one attached hydrogen (secondary N) is 2. The van der Waals surface area contributed by atoms with E-state index in [9.17, 15) is 9.18 Å². The van der Waals surface area contributed by atoms with E-state index < -0.39 is 0 Å². The van der Waals surface area contributed by atoms with E-state index >= 15 is 0 Å². The largest absolute Gasteiger partial charge is 0.356 e. The van der Waals surface area contributed by atoms with Crippen LogP contribution in [-0.2, 0) is 13.1 Å². The van der Waals surface area contributed by atoms with Crippen LogP contribution in [0.25, 0.3) is 0 Å². The number of hydrogen-bond acceptors (Lipinski definition) is 2. The second-order valence-corrected chi connectivity index (χ2v) is 5.38. The Bertz CT molecular complexity index is 727. The van der Waals surface area contributed by atoms with E-state index in [2.05, 4.69) is 15.6 Å². The molecular formula is C18H23FN4O. The number of rotatable bonds is 7. The standard InChI is InChI=1S/C18H23FN4O/c1-20-18(22-14-15-8-2-3-9-16(15)19)21-11-5-7-13-23-12-6-4-10-17(23)24/h2-4,6,8-10,12H,5,7,11,13-14H2,1H3,(H2,20,21,22). The van der Waals surface area contributed by atoms with Gasteiger partial charge in [0.15, 0.2) is 5.96 Å². The molecule has 2 N–H and O–H groups in total. The normalized spacial score (nSPS) is 11.3. The van der Waals surface area contributed by atoms with Gasteiger partial charge < -0.3 is 15.2 Å². The van der Waals surface area contributed by atoms with E-state index in [0.717, 1.165) is 19.4 Å². The summed E-state index contributed by atoms with van der Waals surface area (Å²) in [6.07, 6.45) is 3.59. The average molecular weight is 330 g/mol. The smallest absolute Gasteiger partial charge is 0.250 e. The Morgan fingerprint density at radius 2 is 1.92 bits per heavy atom. The molecule has 0 saturated carbocycles. The summed E-state index contributed by atoms with van der Waals surface area (Å²) in [4.78, 5) is 15.7. The average Bonchev–Trinajstić information content (AvgIpc) is 2.60. The molecule has 0 saturated heterocycles. The second kappa shape index (κ2) is 9.50. The molecule has 24 heavy (non-hydrogen) atoms. The molecule has 0 radical (unpaired) electrons. The van der Waals surface area contributed by atoms with Crippen LogP contribution >= 0.6 is 0 Å². The van der Waals surface area contributed by atoms with Crippen LogP contribution in [0, 0.1) is 5.82 Å². The van der Waals surface area contributed by atoms with Crippen molar-refractivity contribution < 1.29 is 4.39 Å². The maximum Gasteiger partial charge on any atom is 0.250 e. The van der Waals surface area contributed by atoms with Gasteiger partial charge in [0.25, 0.3) is 0 Å². The van der Waals surface area contributed by atoms with Gasteiger partial charge in [0.1, 0.15) is 5.82 Å². The maximum absolute atomic E-state index is 13.6. The van der Waals surface area contributed by atoms with Crippen molar-refractivity contribution in [1.29, 1.82) is 0 Å². The molecule has 0 amide bonds. The third kappa shape index (κ3) is 5.53. The maximum atomic E-state index is 13.6. The summed E-state index contributed by atoms with van der Waals surface area (Å²) >= 11 is 0. The molecule has 2 aromatic rings. The summed E-state index contributed by atoms with van der Waals surface area (Å²) in [5, 5.41) is 6.28. The lowest BCUT2D eigenvalue weighted by Crippen LogP contribution is -2.37. The third-order valence-corrected chi connectivity index (χ3v) is 3.64. The fourth-order valence-corrected chi connectivity index (χ4v) is 2.30. The number of aromatic nitrogens is 1. The zero-order chi connectivity index (χ0) is 17.2. The molecule has 0 atom stereocenters. The van der Waals surface area contributed by atoms with Crippen LogP contribution in [0.4, 0.5) is 4.39 Å². The van der Waals surface area contributed by atoms with E-state index in [1.807, 2.05) is 12.1 Å². The van der Waals surface area contributed by atoms with E-state index in [0.29, 0.717) is 24.6 Å². The monoisotopic (exact) mass is 330 g/mol. The second-order valence-electron chi connectivity index (χ2n) is 5.38. The van der Waals surface area contributed by atoms with Gasteiger partial charge in [0.2, 0.25) is 5.56 Å². The number of benzene rings is 1. The lowest BCUT2D eigenvalue weighted by atomic mass is 10.2. The molecule has 6 heteroatoms. The highest BCUT2D eigenvalue weighted by molar-refractivity contribution is 5.79. The predicted molar refractivity (Wildman–Crippen MR) is 94.5 cm³/mol. The van der Waals surface area contributed by atoms with Crippen molar-refractivity contribution >= 4 is 5.96 Å². The molecule has 1 aromatic heterocycles. The van der Waals surface area contributed by atoms with Crippen molar-refractivity contribution in [2.24, 2.45) is 4.99 Å². The summed E-state index contributed by atoms with van der Waals surface area (Å²) < 4.78 is 15.3. The number of unbranched alkanes of at least 4 members (excludes halogenated alkanes) is 1. The molecule has 2 rings (SSSR count). The first-order chi connectivity index (χ1) is 11.7. The van der Waals surface area contributed by atoms with Crippen LogP contribution in [-0.4, -0.2) is 24.1 Å². The third-order valence-electron chi connectivity index (χ3n) is 3.64. The van der Waals surface area contributed by atoms with Crippen LogP contribution in [0.1, 0.15) is 18.4 Å². The number of halogens is 1. The summed E-state index contributed by atoms with van der Waals surface area (Å²) in [5.74, 6) is 0.406. The van der Waals surface area contributed by atoms with Gasteiger partial charge in [-0.3, -0.25) is 9.79 Å². The molecule has 0 aliphatic carbocycles. The minimum atomic E-state index is -0.228. The van der Waals surface area contributed by atoms with Gasteiger partial charge >= 0.3 is 0 Å². The van der Waals surface area contributed by atoms with Gasteiger partial charge in [-0.25, -0.2) is 4.39 Å². The molecule has 0 spiro atoms. The van der Waals surface area contributed by atoms with E-state index in [-0.39, 0.29) is 11.4 Å². The highest BCUT2D eigenvalue weighted by atomic mass is 19.1. The van der Waals surface area contributed by atoms with Crippen molar-refractivity contribution in [2.75, 3.05) is 13.6 Å². The lowest BCUT2D eigenvalue weighted by Gasteiger charge is -2.12. The first kappa shape index (κ1) is 17.7. The molecule has 128 valence electrons. The van der Waals surface area contributed by atoms with Crippen LogP contribution in [0.5, 0.6) is 0 Å². The summed E-state index contributed by atoms with van der Waals surface area (Å²) in [5.41, 5.74) is 0.622. The van der Waals surface area contributed by atoms with Crippen LogP contribution < -0.4 is 16.2 Å². The number of pyridine rings is 1. The number of aliphatic imine (C=N–C) groups is 1. The highest BCUT2D eigenvalue weighted by Gasteiger charge is 2.02. The Hall–Kier alpha value is -2.63. The summed E-state index contributed by atoms with van der Waals surface area (Å²) in [7, 11) is 1.68. The first-order valence-electron chi connectivity index (χ1n) is 8.04. The van der Waals surface area contributed by atoms with E-state index in [1.165, 1.54) is 6.07 Å². The van der Waals surface area contributed by atoms with E-state index in [1.54, 1.807) is 42.1 Å². The molecule has 0 fully saturated rings. The Kier molecular flexibility index (Phi) is 7.01. The van der Waals surface area contributed by atoms with Crippen LogP contribution in [0.15, 0.2) is 58.4 Å². The minimum absolute atomic E-state index is 0.0211. The Morgan fingerprint density at radius 3 is 2.67 bits per heavy atom. The van der Waals surface area contributed by atoms with Gasteiger partial charge in [-0.05, 0) is 25.0 Å². The molecular weight excluding hydrogens is 307 g/mol. The fourth-order valence-electron chi connectivity index (χ4n) is 2.30. The van der Waals surface area contributed by atoms with Crippen molar-refractivity contribution in [1.82, 2.24) is 15.2 Å². The summed E-state index contributed by atoms with van der Waals surface area (Å²) in [6.45, 7) is 1.81. The zero-order valence-electron chi connectivity index (χ0n) is 13.8. The Labute approximate surface area is 141 Å². The topological polar surface area (TPSA) is 58.4 Å². The molecule has 1 aromatic carbocycles. The molecule has 1 heterocycles. The zero-order valence-corrected chi connectivity index (χ0v) is 13.8. The highest BCUT2D eigenvalue weighted by Crippen LogP contribution is 2.05. The molecule has 0 bridgehead atoms. The van der Waals surface area contributed by atoms with Crippen molar-refractivity contribution in [2.45, 2.75) is 25.9 Å². The van der Waals surface area contributed by atoms with Gasteiger partial charge in [-0.15, -0.1) is 0 Å². The minimum Gasteiger partial charge on any atom is -0.356 e. The first-order valence-corrected chi connectivity index (χ1v) is 8.04. The molecule has 0 unspecified atom stereocenters. The number of hydrogen-bond donors (Lipinski definition) is 2. The Morgan fingerprint density at radius 1 is 1.12 bits per heavy atom. The van der Waals surface area contributed by atoms with Crippen molar-refractivity contribution in [3.05, 3.63) is 70.4 Å². The molecule has 5 nitrogen and oxygen atoms in total. The number of guanidine groups is 1. The van der Waals surface area contributed by atoms with Crippen LogP contribution in [0.3, 0.4) is 0 Å². The summed E-state index contributed by atoms with van der Waals surface area (Å²) in [6, 6.07) is 11.8. The van der Waals surface area contributed by atoms with Gasteiger partial charge in [0.05, 0.1) is 0 Å². The van der Waals surface area contributed by atoms with E-state index in [4.69, 9.17) is 0 Å². The molecule has 0 aliphatic heterocycles. The lowest BCUT2D eigenvalue weighted by molar-refractivity contribution is 0.583. The fraction of sp³-hybridized carbons (Fsp3) is 0.333. The number of aryl methyl sites for hydroxylation is 1. The van der Waals surface area contributed by atoms with Crippen molar-refractivity contribution in [3.8, 4) is 0 Å². The van der Waals surface area contributed by atoms with Crippen LogP contribution in [0.2, 0.25) is 0 Å². The quantitative estimate of drug-likeness (QED) is 0.464. The molecule has 0 aliphatic rings. The van der Waals surface area contributed by atoms with Gasteiger partial charge in [-0.1, -0.05) is 24.3 Å². The SMILES string of the molecule is CN=C(NCCCCn1ccccc1=O)NCc1ccccc1F. The van der Waals surface area contributed by atoms with Crippen molar-refractivity contribution in [3.63, 3.8) is 0 Å².